The Labute approximate surface area is 111 Å². The SMILES string of the molecule is CCOC(=O)CC(O)C(O)c1cnc2c(c1)CCN2. The number of aromatic nitrogens is 1. The molecule has 6 nitrogen and oxygen atoms in total. The highest BCUT2D eigenvalue weighted by Crippen LogP contribution is 2.25. The molecule has 6 heteroatoms. The maximum Gasteiger partial charge on any atom is 0.308 e. The van der Waals surface area contributed by atoms with Gasteiger partial charge in [0.25, 0.3) is 0 Å². The van der Waals surface area contributed by atoms with E-state index in [0.29, 0.717) is 5.56 Å². The van der Waals surface area contributed by atoms with Crippen LogP contribution in [0.25, 0.3) is 0 Å². The quantitative estimate of drug-likeness (QED) is 0.668. The first kappa shape index (κ1) is 13.8. The molecule has 0 radical (unpaired) electrons. The van der Waals surface area contributed by atoms with E-state index in [2.05, 4.69) is 10.3 Å². The van der Waals surface area contributed by atoms with E-state index >= 15 is 0 Å². The van der Waals surface area contributed by atoms with Crippen molar-refractivity contribution >= 4 is 11.8 Å². The molecule has 0 saturated carbocycles. The second kappa shape index (κ2) is 5.99. The lowest BCUT2D eigenvalue weighted by Gasteiger charge is -2.17. The van der Waals surface area contributed by atoms with Crippen molar-refractivity contribution in [2.45, 2.75) is 32.0 Å². The van der Waals surface area contributed by atoms with Crippen LogP contribution in [0.2, 0.25) is 0 Å². The van der Waals surface area contributed by atoms with E-state index in [1.807, 2.05) is 0 Å². The van der Waals surface area contributed by atoms with Gasteiger partial charge in [-0.25, -0.2) is 4.98 Å². The van der Waals surface area contributed by atoms with Crippen LogP contribution < -0.4 is 5.32 Å². The summed E-state index contributed by atoms with van der Waals surface area (Å²) in [6.07, 6.45) is -0.201. The molecule has 0 bridgehead atoms. The Bertz CT molecular complexity index is 464. The summed E-state index contributed by atoms with van der Waals surface area (Å²) in [6, 6.07) is 1.81. The van der Waals surface area contributed by atoms with E-state index in [4.69, 9.17) is 4.74 Å². The number of nitrogens with one attached hydrogen (secondary N) is 1. The van der Waals surface area contributed by atoms with Crippen molar-refractivity contribution < 1.29 is 19.7 Å². The molecule has 0 saturated heterocycles. The first-order valence-corrected chi connectivity index (χ1v) is 6.36. The molecule has 1 aromatic rings. The van der Waals surface area contributed by atoms with Crippen LogP contribution in [-0.4, -0.2) is 40.4 Å². The number of aliphatic hydroxyl groups is 2. The highest BCUT2D eigenvalue weighted by Gasteiger charge is 2.24. The third kappa shape index (κ3) is 3.21. The third-order valence-electron chi connectivity index (χ3n) is 3.06. The lowest BCUT2D eigenvalue weighted by atomic mass is 10.0. The van der Waals surface area contributed by atoms with Gasteiger partial charge in [0.2, 0.25) is 0 Å². The smallest absolute Gasteiger partial charge is 0.308 e. The number of aliphatic hydroxyl groups excluding tert-OH is 2. The first-order valence-electron chi connectivity index (χ1n) is 6.36. The van der Waals surface area contributed by atoms with Crippen LogP contribution in [0.15, 0.2) is 12.3 Å². The highest BCUT2D eigenvalue weighted by atomic mass is 16.5. The number of anilines is 1. The summed E-state index contributed by atoms with van der Waals surface area (Å²) in [7, 11) is 0. The summed E-state index contributed by atoms with van der Waals surface area (Å²) in [6.45, 7) is 2.78. The van der Waals surface area contributed by atoms with E-state index in [9.17, 15) is 15.0 Å². The number of hydrogen-bond acceptors (Lipinski definition) is 6. The molecule has 0 fully saturated rings. The predicted octanol–water partition coefficient (Wildman–Crippen LogP) is 0.397. The Morgan fingerprint density at radius 2 is 2.37 bits per heavy atom. The molecule has 0 aliphatic carbocycles. The van der Waals surface area contributed by atoms with Gasteiger partial charge in [-0.3, -0.25) is 4.79 Å². The lowest BCUT2D eigenvalue weighted by Crippen LogP contribution is -2.23. The number of carbonyl (C=O) groups excluding carboxylic acids is 1. The minimum absolute atomic E-state index is 0.232. The van der Waals surface area contributed by atoms with Crippen LogP contribution in [0.5, 0.6) is 0 Å². The van der Waals surface area contributed by atoms with Gasteiger partial charge in [0.05, 0.1) is 19.1 Å². The standard InChI is InChI=1S/C13H18N2O4/c1-2-19-11(17)6-10(16)12(18)9-5-8-3-4-14-13(8)15-7-9/h5,7,10,12,16,18H,2-4,6H2,1H3,(H,14,15). The first-order chi connectivity index (χ1) is 9.11. The number of hydrogen-bond donors (Lipinski definition) is 3. The Balaban J connectivity index is 2.02. The molecule has 2 heterocycles. The normalized spacial score (nSPS) is 16.4. The molecule has 1 aliphatic rings. The number of ether oxygens (including phenoxy) is 1. The van der Waals surface area contributed by atoms with Crippen molar-refractivity contribution in [2.24, 2.45) is 0 Å². The maximum atomic E-state index is 11.3. The second-order valence-electron chi connectivity index (χ2n) is 4.47. The Kier molecular flexibility index (Phi) is 4.34. The van der Waals surface area contributed by atoms with Gasteiger partial charge in [-0.15, -0.1) is 0 Å². The van der Waals surface area contributed by atoms with Crippen LogP contribution in [0.4, 0.5) is 5.82 Å². The highest BCUT2D eigenvalue weighted by molar-refractivity contribution is 5.70. The molecule has 3 N–H and O–H groups in total. The van der Waals surface area contributed by atoms with Gasteiger partial charge in [-0.2, -0.15) is 0 Å². The minimum Gasteiger partial charge on any atom is -0.466 e. The fourth-order valence-corrected chi connectivity index (χ4v) is 2.08. The fourth-order valence-electron chi connectivity index (χ4n) is 2.08. The lowest BCUT2D eigenvalue weighted by molar-refractivity contribution is -0.147. The van der Waals surface area contributed by atoms with Crippen molar-refractivity contribution in [3.05, 3.63) is 23.4 Å². The van der Waals surface area contributed by atoms with Crippen LogP contribution in [0, 0.1) is 0 Å². The fraction of sp³-hybridized carbons (Fsp3) is 0.538. The number of nitrogens with zero attached hydrogens (tertiary/aromatic N) is 1. The topological polar surface area (TPSA) is 91.7 Å². The zero-order valence-electron chi connectivity index (χ0n) is 10.8. The molecule has 2 rings (SSSR count). The summed E-state index contributed by atoms with van der Waals surface area (Å²) in [5.74, 6) is 0.292. The van der Waals surface area contributed by atoms with Crippen LogP contribution in [0.1, 0.15) is 30.6 Å². The molecular formula is C13H18N2O4. The predicted molar refractivity (Wildman–Crippen MR) is 68.6 cm³/mol. The molecular weight excluding hydrogens is 248 g/mol. The molecule has 2 atom stereocenters. The Hall–Kier alpha value is -1.66. The van der Waals surface area contributed by atoms with E-state index in [0.717, 1.165) is 24.3 Å². The zero-order valence-corrected chi connectivity index (χ0v) is 10.8. The molecule has 0 spiro atoms. The van der Waals surface area contributed by atoms with Crippen molar-refractivity contribution in [2.75, 3.05) is 18.5 Å². The maximum absolute atomic E-state index is 11.3. The van der Waals surface area contributed by atoms with E-state index < -0.39 is 18.2 Å². The second-order valence-corrected chi connectivity index (χ2v) is 4.47. The van der Waals surface area contributed by atoms with Crippen molar-refractivity contribution in [3.8, 4) is 0 Å². The molecule has 0 amide bonds. The summed E-state index contributed by atoms with van der Waals surface area (Å²) in [5.41, 5.74) is 1.53. The molecule has 1 aromatic heterocycles. The number of fused-ring (bicyclic) bond motifs is 1. The number of esters is 1. The van der Waals surface area contributed by atoms with Gasteiger partial charge in [-0.05, 0) is 25.0 Å². The number of carbonyl (C=O) groups is 1. The average Bonchev–Trinajstić information content (AvgIpc) is 2.85. The Morgan fingerprint density at radius 3 is 3.11 bits per heavy atom. The molecule has 1 aliphatic heterocycles. The zero-order chi connectivity index (χ0) is 13.8. The summed E-state index contributed by atoms with van der Waals surface area (Å²) in [5, 5.41) is 23.0. The number of rotatable bonds is 5. The average molecular weight is 266 g/mol. The van der Waals surface area contributed by atoms with E-state index in [1.54, 1.807) is 13.0 Å². The Morgan fingerprint density at radius 1 is 1.58 bits per heavy atom. The van der Waals surface area contributed by atoms with Gasteiger partial charge in [0.15, 0.2) is 0 Å². The third-order valence-corrected chi connectivity index (χ3v) is 3.06. The molecule has 104 valence electrons. The van der Waals surface area contributed by atoms with Gasteiger partial charge < -0.3 is 20.3 Å². The van der Waals surface area contributed by atoms with Crippen molar-refractivity contribution in [1.82, 2.24) is 4.98 Å². The molecule has 2 unspecified atom stereocenters. The van der Waals surface area contributed by atoms with Gasteiger partial charge in [0.1, 0.15) is 11.9 Å². The number of pyridine rings is 1. The van der Waals surface area contributed by atoms with Gasteiger partial charge >= 0.3 is 5.97 Å². The van der Waals surface area contributed by atoms with Crippen LogP contribution >= 0.6 is 0 Å². The monoisotopic (exact) mass is 266 g/mol. The van der Waals surface area contributed by atoms with Crippen molar-refractivity contribution in [3.63, 3.8) is 0 Å². The van der Waals surface area contributed by atoms with E-state index in [-0.39, 0.29) is 13.0 Å². The largest absolute Gasteiger partial charge is 0.466 e. The summed E-state index contributed by atoms with van der Waals surface area (Å²) in [4.78, 5) is 15.4. The van der Waals surface area contributed by atoms with Gasteiger partial charge in [-0.1, -0.05) is 0 Å². The van der Waals surface area contributed by atoms with Crippen LogP contribution in [-0.2, 0) is 16.0 Å². The summed E-state index contributed by atoms with van der Waals surface area (Å²) >= 11 is 0. The molecule has 0 aromatic carbocycles. The minimum atomic E-state index is -1.19. The van der Waals surface area contributed by atoms with Crippen molar-refractivity contribution in [1.29, 1.82) is 0 Å². The summed E-state index contributed by atoms with van der Waals surface area (Å²) < 4.78 is 4.74. The molecule has 19 heavy (non-hydrogen) atoms. The van der Waals surface area contributed by atoms with Gasteiger partial charge in [0, 0.05) is 18.3 Å². The van der Waals surface area contributed by atoms with Crippen LogP contribution in [0.3, 0.4) is 0 Å². The van der Waals surface area contributed by atoms with E-state index in [1.165, 1.54) is 6.20 Å².